The highest BCUT2D eigenvalue weighted by atomic mass is 127. The second-order valence-electron chi connectivity index (χ2n) is 4.51. The van der Waals surface area contributed by atoms with Crippen LogP contribution in [0.15, 0.2) is 41.2 Å². The van der Waals surface area contributed by atoms with Gasteiger partial charge in [0.25, 0.3) is 0 Å². The van der Waals surface area contributed by atoms with Crippen molar-refractivity contribution in [2.24, 2.45) is 0 Å². The molecule has 102 valence electrons. The Bertz CT molecular complexity index is 513. The number of halogens is 2. The van der Waals surface area contributed by atoms with Crippen LogP contribution >= 0.6 is 22.6 Å². The summed E-state index contributed by atoms with van der Waals surface area (Å²) in [5.74, 6) is -0.189. The molecule has 2 nitrogen and oxygen atoms in total. The first-order valence-corrected chi connectivity index (χ1v) is 7.48. The SMILES string of the molecule is CCCNC(Cc1ccoc1)c1ccc(F)cc1I. The van der Waals surface area contributed by atoms with Crippen LogP contribution in [0.4, 0.5) is 4.39 Å². The lowest BCUT2D eigenvalue weighted by Crippen LogP contribution is -2.24. The molecule has 0 aliphatic rings. The Labute approximate surface area is 126 Å². The Morgan fingerprint density at radius 3 is 2.84 bits per heavy atom. The van der Waals surface area contributed by atoms with E-state index in [2.05, 4.69) is 34.8 Å². The monoisotopic (exact) mass is 373 g/mol. The van der Waals surface area contributed by atoms with Gasteiger partial charge < -0.3 is 9.73 Å². The molecule has 0 saturated carbocycles. The average Bonchev–Trinajstić information content (AvgIpc) is 2.88. The van der Waals surface area contributed by atoms with Crippen molar-refractivity contribution >= 4 is 22.6 Å². The van der Waals surface area contributed by atoms with Crippen molar-refractivity contribution in [1.29, 1.82) is 0 Å². The van der Waals surface area contributed by atoms with Gasteiger partial charge in [0.1, 0.15) is 5.82 Å². The van der Waals surface area contributed by atoms with Crippen molar-refractivity contribution in [3.63, 3.8) is 0 Å². The minimum absolute atomic E-state index is 0.185. The highest BCUT2D eigenvalue weighted by molar-refractivity contribution is 14.1. The normalized spacial score (nSPS) is 12.6. The first-order chi connectivity index (χ1) is 9.20. The maximum atomic E-state index is 13.2. The number of nitrogens with one attached hydrogen (secondary N) is 1. The van der Waals surface area contributed by atoms with E-state index in [1.165, 1.54) is 6.07 Å². The summed E-state index contributed by atoms with van der Waals surface area (Å²) in [4.78, 5) is 0. The Kier molecular flexibility index (Phi) is 5.39. The van der Waals surface area contributed by atoms with Crippen molar-refractivity contribution in [3.05, 3.63) is 57.3 Å². The maximum Gasteiger partial charge on any atom is 0.124 e. The van der Waals surface area contributed by atoms with Gasteiger partial charge in [-0.15, -0.1) is 0 Å². The number of hydrogen-bond acceptors (Lipinski definition) is 2. The fraction of sp³-hybridized carbons (Fsp3) is 0.333. The van der Waals surface area contributed by atoms with Crippen molar-refractivity contribution in [2.75, 3.05) is 6.54 Å². The number of benzene rings is 1. The Morgan fingerprint density at radius 2 is 2.21 bits per heavy atom. The van der Waals surface area contributed by atoms with Crippen LogP contribution in [0.2, 0.25) is 0 Å². The molecular formula is C15H17FINO. The molecule has 2 aromatic rings. The molecule has 0 aliphatic carbocycles. The van der Waals surface area contributed by atoms with Gasteiger partial charge in [-0.25, -0.2) is 4.39 Å². The molecule has 0 bridgehead atoms. The molecule has 1 atom stereocenters. The molecule has 19 heavy (non-hydrogen) atoms. The van der Waals surface area contributed by atoms with Gasteiger partial charge in [-0.3, -0.25) is 0 Å². The van der Waals surface area contributed by atoms with Gasteiger partial charge >= 0.3 is 0 Å². The summed E-state index contributed by atoms with van der Waals surface area (Å²) in [6.07, 6.45) is 5.36. The van der Waals surface area contributed by atoms with E-state index in [4.69, 9.17) is 4.42 Å². The molecule has 1 heterocycles. The summed E-state index contributed by atoms with van der Waals surface area (Å²) in [5.41, 5.74) is 2.28. The third-order valence-electron chi connectivity index (χ3n) is 3.00. The zero-order valence-corrected chi connectivity index (χ0v) is 13.0. The van der Waals surface area contributed by atoms with E-state index >= 15 is 0 Å². The Hall–Kier alpha value is -0.880. The fourth-order valence-corrected chi connectivity index (χ4v) is 2.89. The van der Waals surface area contributed by atoms with Gasteiger partial charge in [-0.1, -0.05) is 13.0 Å². The van der Waals surface area contributed by atoms with Gasteiger partial charge in [-0.05, 0) is 71.3 Å². The largest absolute Gasteiger partial charge is 0.472 e. The highest BCUT2D eigenvalue weighted by Gasteiger charge is 2.15. The van der Waals surface area contributed by atoms with Crippen molar-refractivity contribution in [3.8, 4) is 0 Å². The number of furan rings is 1. The molecule has 0 saturated heterocycles. The van der Waals surface area contributed by atoms with Crippen LogP contribution in [0.3, 0.4) is 0 Å². The first kappa shape index (κ1) is 14.5. The summed E-state index contributed by atoms with van der Waals surface area (Å²) in [5, 5.41) is 3.52. The van der Waals surface area contributed by atoms with E-state index in [1.54, 1.807) is 18.6 Å². The van der Waals surface area contributed by atoms with E-state index in [0.717, 1.165) is 34.1 Å². The molecule has 0 aliphatic heterocycles. The molecule has 0 spiro atoms. The third-order valence-corrected chi connectivity index (χ3v) is 3.93. The van der Waals surface area contributed by atoms with Gasteiger partial charge in [0.15, 0.2) is 0 Å². The topological polar surface area (TPSA) is 25.2 Å². The molecule has 1 aromatic heterocycles. The highest BCUT2D eigenvalue weighted by Crippen LogP contribution is 2.24. The molecule has 0 radical (unpaired) electrons. The Balaban J connectivity index is 2.20. The standard InChI is InChI=1S/C15H17FINO/c1-2-6-18-15(8-11-5-7-19-10-11)13-4-3-12(16)9-14(13)17/h3-5,7,9-10,15,18H,2,6,8H2,1H3. The summed E-state index contributed by atoms with van der Waals surface area (Å²) >= 11 is 2.19. The fourth-order valence-electron chi connectivity index (χ4n) is 2.04. The molecule has 4 heteroatoms. The van der Waals surface area contributed by atoms with E-state index in [-0.39, 0.29) is 11.9 Å². The molecule has 0 fully saturated rings. The summed E-state index contributed by atoms with van der Waals surface area (Å²) in [6, 6.07) is 7.12. The summed E-state index contributed by atoms with van der Waals surface area (Å²) in [6.45, 7) is 3.08. The summed E-state index contributed by atoms with van der Waals surface area (Å²) < 4.78 is 19.3. The van der Waals surface area contributed by atoms with E-state index in [1.807, 2.05) is 12.1 Å². The number of hydrogen-bond donors (Lipinski definition) is 1. The van der Waals surface area contributed by atoms with Crippen LogP contribution < -0.4 is 5.32 Å². The van der Waals surface area contributed by atoms with E-state index in [0.29, 0.717) is 0 Å². The van der Waals surface area contributed by atoms with Gasteiger partial charge in [0.2, 0.25) is 0 Å². The van der Waals surface area contributed by atoms with Crippen molar-refractivity contribution in [2.45, 2.75) is 25.8 Å². The van der Waals surface area contributed by atoms with Crippen LogP contribution in [0.1, 0.15) is 30.5 Å². The zero-order valence-electron chi connectivity index (χ0n) is 10.8. The zero-order chi connectivity index (χ0) is 13.7. The predicted molar refractivity (Wildman–Crippen MR) is 82.6 cm³/mol. The van der Waals surface area contributed by atoms with Crippen molar-refractivity contribution in [1.82, 2.24) is 5.32 Å². The summed E-state index contributed by atoms with van der Waals surface area (Å²) in [7, 11) is 0. The van der Waals surface area contributed by atoms with Gasteiger partial charge in [0, 0.05) is 9.61 Å². The first-order valence-electron chi connectivity index (χ1n) is 6.40. The van der Waals surface area contributed by atoms with Crippen LogP contribution in [0.25, 0.3) is 0 Å². The van der Waals surface area contributed by atoms with Crippen LogP contribution in [-0.2, 0) is 6.42 Å². The minimum Gasteiger partial charge on any atom is -0.472 e. The van der Waals surface area contributed by atoms with Crippen LogP contribution in [0, 0.1) is 9.39 Å². The van der Waals surface area contributed by atoms with Crippen LogP contribution in [0.5, 0.6) is 0 Å². The van der Waals surface area contributed by atoms with Gasteiger partial charge in [0.05, 0.1) is 12.5 Å². The second-order valence-corrected chi connectivity index (χ2v) is 5.67. The smallest absolute Gasteiger partial charge is 0.124 e. The van der Waals surface area contributed by atoms with Crippen LogP contribution in [-0.4, -0.2) is 6.54 Å². The molecule has 1 unspecified atom stereocenters. The lowest BCUT2D eigenvalue weighted by Gasteiger charge is -2.20. The molecule has 0 amide bonds. The second kappa shape index (κ2) is 7.05. The lowest BCUT2D eigenvalue weighted by molar-refractivity contribution is 0.517. The lowest BCUT2D eigenvalue weighted by atomic mass is 10.0. The third kappa shape index (κ3) is 4.04. The van der Waals surface area contributed by atoms with E-state index in [9.17, 15) is 4.39 Å². The van der Waals surface area contributed by atoms with E-state index < -0.39 is 0 Å². The molecular weight excluding hydrogens is 356 g/mol. The molecule has 1 aromatic carbocycles. The maximum absolute atomic E-state index is 13.2. The average molecular weight is 373 g/mol. The molecule has 1 N–H and O–H groups in total. The number of rotatable bonds is 6. The molecule has 2 rings (SSSR count). The predicted octanol–water partition coefficient (Wildman–Crippen LogP) is 4.31. The van der Waals surface area contributed by atoms with Gasteiger partial charge in [-0.2, -0.15) is 0 Å². The minimum atomic E-state index is -0.189. The quantitative estimate of drug-likeness (QED) is 0.764. The van der Waals surface area contributed by atoms with Crippen molar-refractivity contribution < 1.29 is 8.81 Å². The Morgan fingerprint density at radius 1 is 1.37 bits per heavy atom.